The number of carbonyl (C=O) groups excluding carboxylic acids is 3. The summed E-state index contributed by atoms with van der Waals surface area (Å²) in [5.41, 5.74) is 0.873. The van der Waals surface area contributed by atoms with E-state index in [9.17, 15) is 14.4 Å². The molecular weight excluding hydrogens is 398 g/mol. The number of benzene rings is 1. The molecular formula is C22H25N5O4. The molecule has 0 bridgehead atoms. The average molecular weight is 423 g/mol. The molecule has 1 aromatic carbocycles. The second-order valence-electron chi connectivity index (χ2n) is 7.59. The third-order valence-corrected chi connectivity index (χ3v) is 5.62. The van der Waals surface area contributed by atoms with E-state index in [0.29, 0.717) is 61.9 Å². The van der Waals surface area contributed by atoms with Crippen LogP contribution in [0.5, 0.6) is 5.88 Å². The van der Waals surface area contributed by atoms with E-state index < -0.39 is 0 Å². The molecule has 9 nitrogen and oxygen atoms in total. The highest BCUT2D eigenvalue weighted by Crippen LogP contribution is 2.23. The van der Waals surface area contributed by atoms with Gasteiger partial charge in [-0.25, -0.2) is 4.98 Å². The fourth-order valence-electron chi connectivity index (χ4n) is 3.97. The molecule has 162 valence electrons. The summed E-state index contributed by atoms with van der Waals surface area (Å²) >= 11 is 0. The number of anilines is 1. The first-order valence-corrected chi connectivity index (χ1v) is 10.4. The van der Waals surface area contributed by atoms with Crippen LogP contribution in [-0.4, -0.2) is 77.3 Å². The van der Waals surface area contributed by atoms with E-state index in [-0.39, 0.29) is 24.3 Å². The number of aryl methyl sites for hydroxylation is 1. The highest BCUT2D eigenvalue weighted by Gasteiger charge is 2.34. The van der Waals surface area contributed by atoms with Crippen LogP contribution in [0.25, 0.3) is 0 Å². The normalized spacial score (nSPS) is 16.0. The first-order chi connectivity index (χ1) is 15.0. The lowest BCUT2D eigenvalue weighted by molar-refractivity contribution is -0.131. The molecule has 1 saturated heterocycles. The van der Waals surface area contributed by atoms with Crippen molar-refractivity contribution < 1.29 is 19.1 Å². The van der Waals surface area contributed by atoms with Gasteiger partial charge in [0.25, 0.3) is 11.8 Å². The molecule has 1 aromatic heterocycles. The minimum absolute atomic E-state index is 0.0349. The topological polar surface area (TPSA) is 95.9 Å². The standard InChI is InChI=1S/C22H25N5O4/c1-15-23-18(14-19(24-15)31-2)25-10-12-26(13-11-25)20(28)8-5-9-27-21(29)16-6-3-4-7-17(16)22(27)30/h3-4,6-7,14H,5,8-13H2,1-2H3. The molecule has 1 fully saturated rings. The van der Waals surface area contributed by atoms with Gasteiger partial charge in [0.15, 0.2) is 0 Å². The van der Waals surface area contributed by atoms with Crippen molar-refractivity contribution in [2.75, 3.05) is 44.7 Å². The summed E-state index contributed by atoms with van der Waals surface area (Å²) in [5.74, 6) is 1.43. The number of carbonyl (C=O) groups is 3. The number of rotatable bonds is 6. The molecule has 0 aliphatic carbocycles. The summed E-state index contributed by atoms with van der Waals surface area (Å²) in [6.07, 6.45) is 0.751. The van der Waals surface area contributed by atoms with Crippen LogP contribution in [0.15, 0.2) is 30.3 Å². The van der Waals surface area contributed by atoms with Gasteiger partial charge in [-0.05, 0) is 25.5 Å². The molecule has 4 rings (SSSR count). The van der Waals surface area contributed by atoms with E-state index in [4.69, 9.17) is 4.74 Å². The SMILES string of the molecule is COc1cc(N2CCN(C(=O)CCCN3C(=O)c4ccccc4C3=O)CC2)nc(C)n1. The zero-order chi connectivity index (χ0) is 22.0. The maximum atomic E-state index is 12.6. The molecule has 0 radical (unpaired) electrons. The maximum Gasteiger partial charge on any atom is 0.261 e. The molecule has 3 heterocycles. The van der Waals surface area contributed by atoms with Gasteiger partial charge in [0.05, 0.1) is 18.2 Å². The number of fused-ring (bicyclic) bond motifs is 1. The lowest BCUT2D eigenvalue weighted by Crippen LogP contribution is -2.49. The largest absolute Gasteiger partial charge is 0.481 e. The minimum atomic E-state index is -0.280. The van der Waals surface area contributed by atoms with Crippen LogP contribution in [0, 0.1) is 6.92 Å². The molecule has 0 N–H and O–H groups in total. The Morgan fingerprint density at radius 3 is 2.29 bits per heavy atom. The van der Waals surface area contributed by atoms with Gasteiger partial charge in [-0.3, -0.25) is 19.3 Å². The summed E-state index contributed by atoms with van der Waals surface area (Å²) < 4.78 is 5.21. The highest BCUT2D eigenvalue weighted by atomic mass is 16.5. The van der Waals surface area contributed by atoms with Gasteiger partial charge >= 0.3 is 0 Å². The van der Waals surface area contributed by atoms with Crippen LogP contribution in [0.2, 0.25) is 0 Å². The summed E-state index contributed by atoms with van der Waals surface area (Å²) in [6, 6.07) is 8.61. The number of piperazine rings is 1. The second-order valence-corrected chi connectivity index (χ2v) is 7.59. The number of ether oxygens (including phenoxy) is 1. The van der Waals surface area contributed by atoms with Gasteiger partial charge in [0.2, 0.25) is 11.8 Å². The molecule has 2 aliphatic heterocycles. The Balaban J connectivity index is 1.26. The van der Waals surface area contributed by atoms with E-state index in [1.54, 1.807) is 37.4 Å². The van der Waals surface area contributed by atoms with Gasteiger partial charge in [0.1, 0.15) is 11.6 Å². The number of aromatic nitrogens is 2. The summed E-state index contributed by atoms with van der Waals surface area (Å²) in [4.78, 5) is 51.3. The van der Waals surface area contributed by atoms with Crippen LogP contribution in [-0.2, 0) is 4.79 Å². The molecule has 31 heavy (non-hydrogen) atoms. The van der Waals surface area contributed by atoms with Crippen molar-refractivity contribution in [3.8, 4) is 5.88 Å². The number of hydrogen-bond acceptors (Lipinski definition) is 7. The molecule has 2 aliphatic rings. The fourth-order valence-corrected chi connectivity index (χ4v) is 3.97. The van der Waals surface area contributed by atoms with Gasteiger partial charge < -0.3 is 14.5 Å². The predicted molar refractivity (Wildman–Crippen MR) is 113 cm³/mol. The van der Waals surface area contributed by atoms with E-state index in [0.717, 1.165) is 5.82 Å². The van der Waals surface area contributed by atoms with Crippen LogP contribution in [0.1, 0.15) is 39.4 Å². The van der Waals surface area contributed by atoms with Crippen molar-refractivity contribution >= 4 is 23.5 Å². The van der Waals surface area contributed by atoms with Gasteiger partial charge in [-0.2, -0.15) is 4.98 Å². The Labute approximate surface area is 180 Å². The minimum Gasteiger partial charge on any atom is -0.481 e. The zero-order valence-corrected chi connectivity index (χ0v) is 17.7. The van der Waals surface area contributed by atoms with E-state index in [1.807, 2.05) is 11.8 Å². The Kier molecular flexibility index (Phi) is 5.83. The van der Waals surface area contributed by atoms with Gasteiger partial charge in [0, 0.05) is 45.2 Å². The van der Waals surface area contributed by atoms with Gasteiger partial charge in [-0.1, -0.05) is 12.1 Å². The van der Waals surface area contributed by atoms with E-state index in [1.165, 1.54) is 4.90 Å². The maximum absolute atomic E-state index is 12.6. The molecule has 2 aromatic rings. The molecule has 0 atom stereocenters. The quantitative estimate of drug-likeness (QED) is 0.650. The molecule has 3 amide bonds. The first kappa shape index (κ1) is 20.8. The predicted octanol–water partition coefficient (Wildman–Crippen LogP) is 1.52. The second kappa shape index (κ2) is 8.71. The molecule has 0 saturated carbocycles. The van der Waals surface area contributed by atoms with Crippen molar-refractivity contribution in [2.45, 2.75) is 19.8 Å². The van der Waals surface area contributed by atoms with Gasteiger partial charge in [-0.15, -0.1) is 0 Å². The van der Waals surface area contributed by atoms with Crippen molar-refractivity contribution in [1.82, 2.24) is 19.8 Å². The fraction of sp³-hybridized carbons (Fsp3) is 0.409. The average Bonchev–Trinajstić information content (AvgIpc) is 3.03. The van der Waals surface area contributed by atoms with Crippen molar-refractivity contribution in [3.63, 3.8) is 0 Å². The number of nitrogens with zero attached hydrogens (tertiary/aromatic N) is 5. The summed E-state index contributed by atoms with van der Waals surface area (Å²) in [7, 11) is 1.57. The summed E-state index contributed by atoms with van der Waals surface area (Å²) in [6.45, 7) is 4.60. The molecule has 9 heteroatoms. The first-order valence-electron chi connectivity index (χ1n) is 10.4. The molecule has 0 spiro atoms. The lowest BCUT2D eigenvalue weighted by atomic mass is 10.1. The third kappa shape index (κ3) is 4.21. The number of methoxy groups -OCH3 is 1. The van der Waals surface area contributed by atoms with Crippen LogP contribution in [0.4, 0.5) is 5.82 Å². The smallest absolute Gasteiger partial charge is 0.261 e. The van der Waals surface area contributed by atoms with E-state index in [2.05, 4.69) is 14.9 Å². The van der Waals surface area contributed by atoms with Crippen LogP contribution < -0.4 is 9.64 Å². The Bertz CT molecular complexity index is 982. The van der Waals surface area contributed by atoms with Crippen molar-refractivity contribution in [2.24, 2.45) is 0 Å². The Hall–Kier alpha value is -3.49. The van der Waals surface area contributed by atoms with Crippen molar-refractivity contribution in [3.05, 3.63) is 47.3 Å². The highest BCUT2D eigenvalue weighted by molar-refractivity contribution is 6.21. The number of imide groups is 1. The van der Waals surface area contributed by atoms with E-state index >= 15 is 0 Å². The third-order valence-electron chi connectivity index (χ3n) is 5.62. The molecule has 0 unspecified atom stereocenters. The monoisotopic (exact) mass is 423 g/mol. The van der Waals surface area contributed by atoms with Crippen LogP contribution in [0.3, 0.4) is 0 Å². The zero-order valence-electron chi connectivity index (χ0n) is 17.7. The Morgan fingerprint density at radius 2 is 1.68 bits per heavy atom. The number of amides is 3. The Morgan fingerprint density at radius 1 is 1.03 bits per heavy atom. The summed E-state index contributed by atoms with van der Waals surface area (Å²) in [5, 5.41) is 0. The number of hydrogen-bond donors (Lipinski definition) is 0. The van der Waals surface area contributed by atoms with Crippen molar-refractivity contribution in [1.29, 1.82) is 0 Å². The lowest BCUT2D eigenvalue weighted by Gasteiger charge is -2.35. The van der Waals surface area contributed by atoms with Crippen LogP contribution >= 0.6 is 0 Å².